The molecule has 1 saturated carbocycles. The van der Waals surface area contributed by atoms with Gasteiger partial charge in [-0.25, -0.2) is 8.42 Å². The van der Waals surface area contributed by atoms with Gasteiger partial charge in [0.25, 0.3) is 0 Å². The summed E-state index contributed by atoms with van der Waals surface area (Å²) in [5.74, 6) is 1.40. The Hall–Kier alpha value is -2.64. The first kappa shape index (κ1) is 32.9. The van der Waals surface area contributed by atoms with Crippen LogP contribution in [0.2, 0.25) is 10.0 Å². The van der Waals surface area contributed by atoms with Crippen molar-refractivity contribution in [3.8, 4) is 11.1 Å². The second-order valence-electron chi connectivity index (χ2n) is 14.9. The SMILES string of the molecule is C=CC(=O)N1CC2(CC(n3nc(N4CC[C@@H](CN5CCN(S(C)(=O)=O)CC5)CC4(C)C)c(-c4c(Cl)c(Cl)cc5[nH]ncc45)c3C)C2)C1. The fraction of sp³-hybridized carbons (Fsp3) is 0.606. The number of fused-ring (bicyclic) bond motifs is 1. The number of rotatable bonds is 7. The zero-order chi connectivity index (χ0) is 33.5. The number of hydrogen-bond acceptors (Lipinski definition) is 7. The number of nitrogens with zero attached hydrogens (tertiary/aromatic N) is 7. The molecule has 4 fully saturated rings. The molecule has 1 aliphatic carbocycles. The van der Waals surface area contributed by atoms with Gasteiger partial charge >= 0.3 is 0 Å². The Labute approximate surface area is 286 Å². The maximum atomic E-state index is 12.1. The van der Waals surface area contributed by atoms with Crippen molar-refractivity contribution in [3.63, 3.8) is 0 Å². The number of carbonyl (C=O) groups excluding carboxylic acids is 1. The van der Waals surface area contributed by atoms with Crippen LogP contribution in [0.15, 0.2) is 24.9 Å². The number of aromatic amines is 1. The zero-order valence-corrected chi connectivity index (χ0v) is 29.9. The topological polar surface area (TPSA) is 111 Å². The van der Waals surface area contributed by atoms with Crippen molar-refractivity contribution in [1.29, 1.82) is 0 Å². The molecule has 1 atom stereocenters. The first-order valence-electron chi connectivity index (χ1n) is 16.5. The van der Waals surface area contributed by atoms with E-state index in [0.717, 1.165) is 98.5 Å². The maximum Gasteiger partial charge on any atom is 0.245 e. The fourth-order valence-electron chi connectivity index (χ4n) is 8.73. The third kappa shape index (κ3) is 5.77. The highest BCUT2D eigenvalue weighted by Crippen LogP contribution is 2.56. The molecular weight excluding hydrogens is 659 g/mol. The minimum Gasteiger partial charge on any atom is -0.349 e. The molecule has 2 aromatic heterocycles. The largest absolute Gasteiger partial charge is 0.349 e. The van der Waals surface area contributed by atoms with Gasteiger partial charge in [0.2, 0.25) is 15.9 Å². The molecule has 14 heteroatoms. The highest BCUT2D eigenvalue weighted by molar-refractivity contribution is 7.88. The molecule has 3 saturated heterocycles. The molecule has 254 valence electrons. The molecule has 0 bridgehead atoms. The monoisotopic (exact) mass is 702 g/mol. The highest BCUT2D eigenvalue weighted by atomic mass is 35.5. The first-order valence-corrected chi connectivity index (χ1v) is 19.1. The van der Waals surface area contributed by atoms with Crippen molar-refractivity contribution < 1.29 is 13.2 Å². The number of likely N-dealkylation sites (tertiary alicyclic amines) is 1. The van der Waals surface area contributed by atoms with Gasteiger partial charge in [-0.3, -0.25) is 14.6 Å². The number of nitrogens with one attached hydrogen (secondary N) is 1. The molecule has 3 aliphatic heterocycles. The number of anilines is 1. The van der Waals surface area contributed by atoms with E-state index < -0.39 is 10.0 Å². The molecule has 11 nitrogen and oxygen atoms in total. The summed E-state index contributed by atoms with van der Waals surface area (Å²) >= 11 is 13.8. The Morgan fingerprint density at radius 3 is 2.45 bits per heavy atom. The van der Waals surface area contributed by atoms with Crippen LogP contribution in [0, 0.1) is 18.3 Å². The third-order valence-electron chi connectivity index (χ3n) is 11.1. The van der Waals surface area contributed by atoms with E-state index in [-0.39, 0.29) is 22.9 Å². The van der Waals surface area contributed by atoms with Crippen molar-refractivity contribution >= 4 is 55.9 Å². The lowest BCUT2D eigenvalue weighted by Gasteiger charge is -2.58. The number of amides is 1. The Balaban J connectivity index is 1.17. The van der Waals surface area contributed by atoms with E-state index in [9.17, 15) is 13.2 Å². The Morgan fingerprint density at radius 2 is 1.81 bits per heavy atom. The molecule has 47 heavy (non-hydrogen) atoms. The molecule has 1 N–H and O–H groups in total. The van der Waals surface area contributed by atoms with Crippen LogP contribution in [0.3, 0.4) is 0 Å². The summed E-state index contributed by atoms with van der Waals surface area (Å²) in [6, 6.07) is 2.05. The van der Waals surface area contributed by atoms with E-state index in [1.54, 1.807) is 4.31 Å². The van der Waals surface area contributed by atoms with Crippen LogP contribution < -0.4 is 4.90 Å². The predicted octanol–water partition coefficient (Wildman–Crippen LogP) is 4.96. The van der Waals surface area contributed by atoms with Crippen molar-refractivity contribution in [2.24, 2.45) is 11.3 Å². The second-order valence-corrected chi connectivity index (χ2v) is 17.6. The number of piperazine rings is 1. The third-order valence-corrected chi connectivity index (χ3v) is 13.2. The van der Waals surface area contributed by atoms with Crippen LogP contribution in [0.5, 0.6) is 0 Å². The number of hydrogen-bond donors (Lipinski definition) is 1. The number of H-pyrrole nitrogens is 1. The molecule has 7 rings (SSSR count). The van der Waals surface area contributed by atoms with Crippen molar-refractivity contribution in [1.82, 2.24) is 34.1 Å². The summed E-state index contributed by atoms with van der Waals surface area (Å²) in [5, 5.41) is 14.7. The van der Waals surface area contributed by atoms with E-state index in [1.165, 1.54) is 12.3 Å². The fourth-order valence-corrected chi connectivity index (χ4v) is 10.0. The molecular formula is C33H44Cl2N8O3S. The van der Waals surface area contributed by atoms with Gasteiger partial charge in [0.05, 0.1) is 34.1 Å². The summed E-state index contributed by atoms with van der Waals surface area (Å²) in [4.78, 5) is 18.9. The highest BCUT2D eigenvalue weighted by Gasteiger charge is 2.54. The summed E-state index contributed by atoms with van der Waals surface area (Å²) in [6.45, 7) is 16.3. The summed E-state index contributed by atoms with van der Waals surface area (Å²) < 4.78 is 27.8. The van der Waals surface area contributed by atoms with Gasteiger partial charge in [0.1, 0.15) is 0 Å². The number of carbonyl (C=O) groups is 1. The van der Waals surface area contributed by atoms with Crippen LogP contribution in [0.4, 0.5) is 5.82 Å². The lowest BCUT2D eigenvalue weighted by molar-refractivity contribution is -0.149. The van der Waals surface area contributed by atoms with E-state index in [2.05, 4.69) is 52.0 Å². The number of aromatic nitrogens is 4. The van der Waals surface area contributed by atoms with Gasteiger partial charge in [-0.1, -0.05) is 29.8 Å². The second kappa shape index (κ2) is 11.8. The number of sulfonamides is 1. The summed E-state index contributed by atoms with van der Waals surface area (Å²) in [5.41, 5.74) is 3.67. The summed E-state index contributed by atoms with van der Waals surface area (Å²) in [7, 11) is -3.15. The van der Waals surface area contributed by atoms with E-state index in [1.807, 2.05) is 17.2 Å². The molecule has 1 amide bonds. The lowest BCUT2D eigenvalue weighted by Crippen LogP contribution is -2.63. The molecule has 1 aromatic carbocycles. The van der Waals surface area contributed by atoms with Crippen molar-refractivity contribution in [3.05, 3.63) is 40.7 Å². The zero-order valence-electron chi connectivity index (χ0n) is 27.6. The Bertz CT molecular complexity index is 1830. The first-order chi connectivity index (χ1) is 22.2. The summed E-state index contributed by atoms with van der Waals surface area (Å²) in [6.07, 6.45) is 8.43. The van der Waals surface area contributed by atoms with Crippen LogP contribution in [-0.4, -0.2) is 113 Å². The maximum absolute atomic E-state index is 12.1. The van der Waals surface area contributed by atoms with Crippen LogP contribution in [0.1, 0.15) is 51.3 Å². The van der Waals surface area contributed by atoms with E-state index in [0.29, 0.717) is 29.1 Å². The van der Waals surface area contributed by atoms with Gasteiger partial charge < -0.3 is 14.7 Å². The van der Waals surface area contributed by atoms with Crippen molar-refractivity contribution in [2.75, 3.05) is 63.5 Å². The number of benzene rings is 1. The molecule has 0 unspecified atom stereocenters. The standard InChI is InChI=1S/C33H44Cl2N8O3S/c1-6-27(44)40-19-33(20-40)15-23(16-33)43-21(2)28(29-24-17-36-37-26(24)13-25(34)30(29)35)31(38-43)42-8-7-22(14-32(42,3)4)18-39-9-11-41(12-10-39)47(5,45)46/h6,13,17,22-23H,1,7-12,14-16,18-20H2,2-5H3,(H,36,37)/t22-/m1/s1. The molecule has 5 heterocycles. The van der Waals surface area contributed by atoms with Gasteiger partial charge in [-0.15, -0.1) is 0 Å². The number of piperidine rings is 1. The minimum absolute atomic E-state index is 0.000410. The van der Waals surface area contributed by atoms with E-state index >= 15 is 0 Å². The molecule has 4 aliphatic rings. The normalized spacial score (nSPS) is 23.7. The van der Waals surface area contributed by atoms with E-state index in [4.69, 9.17) is 28.3 Å². The van der Waals surface area contributed by atoms with Crippen LogP contribution in [-0.2, 0) is 14.8 Å². The van der Waals surface area contributed by atoms with Gasteiger partial charge in [-0.2, -0.15) is 14.5 Å². The molecule has 1 spiro atoms. The van der Waals surface area contributed by atoms with Gasteiger partial charge in [0.15, 0.2) is 5.82 Å². The quantitative estimate of drug-likeness (QED) is 0.347. The lowest BCUT2D eigenvalue weighted by atomic mass is 9.60. The Kier molecular flexibility index (Phi) is 8.22. The predicted molar refractivity (Wildman–Crippen MR) is 187 cm³/mol. The van der Waals surface area contributed by atoms with Crippen LogP contribution >= 0.6 is 23.2 Å². The Morgan fingerprint density at radius 1 is 1.11 bits per heavy atom. The minimum atomic E-state index is -3.15. The van der Waals surface area contributed by atoms with Crippen LogP contribution in [0.25, 0.3) is 22.0 Å². The average Bonchev–Trinajstić information content (AvgIpc) is 3.55. The van der Waals surface area contributed by atoms with Gasteiger partial charge in [0, 0.05) is 85.5 Å². The molecule has 3 aromatic rings. The molecule has 0 radical (unpaired) electrons. The average molecular weight is 704 g/mol. The van der Waals surface area contributed by atoms with Gasteiger partial charge in [-0.05, 0) is 64.5 Å². The number of halogens is 2. The smallest absolute Gasteiger partial charge is 0.245 e. The van der Waals surface area contributed by atoms with Crippen molar-refractivity contribution in [2.45, 2.75) is 58.0 Å².